The SMILES string of the molecule is COCCO[C@H]1C[C@H](Nc2ncc3c(-c4ccc5nc(C)n(C)c5n4)ccn3n2)C1. The van der Waals surface area contributed by atoms with Crippen LogP contribution >= 0.6 is 0 Å². The van der Waals surface area contributed by atoms with Crippen LogP contribution in [0.4, 0.5) is 5.95 Å². The van der Waals surface area contributed by atoms with Gasteiger partial charge in [0.1, 0.15) is 11.3 Å². The number of aryl methyl sites for hydroxylation is 2. The Balaban J connectivity index is 1.32. The number of hydrogen-bond acceptors (Lipinski definition) is 7. The van der Waals surface area contributed by atoms with Crippen molar-refractivity contribution in [2.75, 3.05) is 25.6 Å². The van der Waals surface area contributed by atoms with Crippen LogP contribution in [0.2, 0.25) is 0 Å². The van der Waals surface area contributed by atoms with Gasteiger partial charge in [-0.25, -0.2) is 19.5 Å². The van der Waals surface area contributed by atoms with Crippen LogP contribution in [0.5, 0.6) is 0 Å². The Morgan fingerprint density at radius 2 is 2.03 bits per heavy atom. The number of nitrogens with one attached hydrogen (secondary N) is 1. The highest BCUT2D eigenvalue weighted by Gasteiger charge is 2.30. The summed E-state index contributed by atoms with van der Waals surface area (Å²) in [6.07, 6.45) is 5.98. The van der Waals surface area contributed by atoms with E-state index >= 15 is 0 Å². The number of fused-ring (bicyclic) bond motifs is 2. The predicted molar refractivity (Wildman–Crippen MR) is 113 cm³/mol. The van der Waals surface area contributed by atoms with Crippen LogP contribution in [0, 0.1) is 6.92 Å². The molecule has 4 aromatic heterocycles. The molecule has 0 aliphatic heterocycles. The zero-order chi connectivity index (χ0) is 20.7. The van der Waals surface area contributed by atoms with Crippen LogP contribution in [0.15, 0.2) is 30.6 Å². The predicted octanol–water partition coefficient (Wildman–Crippen LogP) is 2.59. The summed E-state index contributed by atoms with van der Waals surface area (Å²) < 4.78 is 14.6. The molecule has 156 valence electrons. The van der Waals surface area contributed by atoms with Crippen LogP contribution in [-0.4, -0.2) is 61.6 Å². The molecule has 0 radical (unpaired) electrons. The molecule has 9 nitrogen and oxygen atoms in total. The molecule has 4 heterocycles. The Morgan fingerprint density at radius 1 is 1.17 bits per heavy atom. The highest BCUT2D eigenvalue weighted by molar-refractivity contribution is 5.82. The molecular formula is C21H25N7O2. The molecule has 0 bridgehead atoms. The fraction of sp³-hybridized carbons (Fsp3) is 0.429. The zero-order valence-electron chi connectivity index (χ0n) is 17.4. The van der Waals surface area contributed by atoms with Gasteiger partial charge in [-0.2, -0.15) is 0 Å². The largest absolute Gasteiger partial charge is 0.382 e. The first-order valence-electron chi connectivity index (χ1n) is 10.1. The van der Waals surface area contributed by atoms with Crippen molar-refractivity contribution in [2.24, 2.45) is 7.05 Å². The van der Waals surface area contributed by atoms with E-state index in [0.717, 1.165) is 46.6 Å². The summed E-state index contributed by atoms with van der Waals surface area (Å²) >= 11 is 0. The van der Waals surface area contributed by atoms with Crippen molar-refractivity contribution in [2.45, 2.75) is 31.9 Å². The first-order valence-corrected chi connectivity index (χ1v) is 10.1. The minimum atomic E-state index is 0.288. The molecule has 0 saturated heterocycles. The number of aromatic nitrogens is 6. The lowest BCUT2D eigenvalue weighted by Crippen LogP contribution is -2.41. The van der Waals surface area contributed by atoms with Gasteiger partial charge in [0.05, 0.1) is 36.7 Å². The first-order chi connectivity index (χ1) is 14.6. The van der Waals surface area contributed by atoms with E-state index in [0.29, 0.717) is 25.2 Å². The number of methoxy groups -OCH3 is 1. The molecule has 1 N–H and O–H groups in total. The van der Waals surface area contributed by atoms with Crippen molar-refractivity contribution in [1.29, 1.82) is 0 Å². The summed E-state index contributed by atoms with van der Waals surface area (Å²) in [5, 5.41) is 8.01. The maximum atomic E-state index is 5.73. The van der Waals surface area contributed by atoms with Crippen molar-refractivity contribution < 1.29 is 9.47 Å². The third-order valence-corrected chi connectivity index (χ3v) is 5.70. The highest BCUT2D eigenvalue weighted by atomic mass is 16.5. The second-order valence-corrected chi connectivity index (χ2v) is 7.70. The minimum Gasteiger partial charge on any atom is -0.382 e. The zero-order valence-corrected chi connectivity index (χ0v) is 17.4. The molecule has 0 amide bonds. The van der Waals surface area contributed by atoms with Crippen LogP contribution < -0.4 is 5.32 Å². The number of pyridine rings is 1. The standard InChI is InChI=1S/C21H25N7O2/c1-13-23-18-5-4-17(25-20(18)27(13)2)16-6-7-28-19(16)12-22-21(26-28)24-14-10-15(11-14)30-9-8-29-3/h4-7,12,14-15H,8-11H2,1-3H3,(H,24,26)/t14-,15-. The van der Waals surface area contributed by atoms with E-state index in [-0.39, 0.29) is 6.10 Å². The van der Waals surface area contributed by atoms with Gasteiger partial charge in [0.15, 0.2) is 5.65 Å². The summed E-state index contributed by atoms with van der Waals surface area (Å²) in [5.74, 6) is 1.56. The molecular weight excluding hydrogens is 382 g/mol. The Labute approximate surface area is 174 Å². The lowest BCUT2D eigenvalue weighted by Gasteiger charge is -2.35. The van der Waals surface area contributed by atoms with Crippen molar-refractivity contribution in [3.63, 3.8) is 0 Å². The van der Waals surface area contributed by atoms with Gasteiger partial charge in [-0.3, -0.25) is 0 Å². The van der Waals surface area contributed by atoms with Crippen LogP contribution in [0.25, 0.3) is 27.9 Å². The van der Waals surface area contributed by atoms with Gasteiger partial charge >= 0.3 is 0 Å². The van der Waals surface area contributed by atoms with Crippen LogP contribution in [0.3, 0.4) is 0 Å². The topological polar surface area (TPSA) is 91.4 Å². The summed E-state index contributed by atoms with van der Waals surface area (Å²) in [6, 6.07) is 6.36. The van der Waals surface area contributed by atoms with Gasteiger partial charge in [0.2, 0.25) is 5.95 Å². The number of ether oxygens (including phenoxy) is 2. The van der Waals surface area contributed by atoms with Gasteiger partial charge in [-0.05, 0) is 38.0 Å². The van der Waals surface area contributed by atoms with Gasteiger partial charge in [-0.1, -0.05) is 0 Å². The second-order valence-electron chi connectivity index (χ2n) is 7.70. The minimum absolute atomic E-state index is 0.288. The molecule has 0 atom stereocenters. The van der Waals surface area contributed by atoms with E-state index in [1.54, 1.807) is 7.11 Å². The third-order valence-electron chi connectivity index (χ3n) is 5.70. The van der Waals surface area contributed by atoms with Crippen LogP contribution in [0.1, 0.15) is 18.7 Å². The molecule has 0 unspecified atom stereocenters. The van der Waals surface area contributed by atoms with Crippen molar-refractivity contribution >= 4 is 22.6 Å². The number of rotatable bonds is 7. The average molecular weight is 407 g/mol. The summed E-state index contributed by atoms with van der Waals surface area (Å²) in [6.45, 7) is 3.25. The van der Waals surface area contributed by atoms with E-state index in [1.165, 1.54) is 0 Å². The smallest absolute Gasteiger partial charge is 0.241 e. The van der Waals surface area contributed by atoms with E-state index in [1.807, 2.05) is 53.6 Å². The fourth-order valence-electron chi connectivity index (χ4n) is 3.81. The van der Waals surface area contributed by atoms with E-state index < -0.39 is 0 Å². The molecule has 0 spiro atoms. The lowest BCUT2D eigenvalue weighted by atomic mass is 9.89. The Bertz CT molecular complexity index is 1190. The lowest BCUT2D eigenvalue weighted by molar-refractivity contribution is -0.0261. The van der Waals surface area contributed by atoms with E-state index in [9.17, 15) is 0 Å². The Hall–Kier alpha value is -3.04. The van der Waals surface area contributed by atoms with E-state index in [2.05, 4.69) is 20.4 Å². The van der Waals surface area contributed by atoms with Crippen molar-refractivity contribution in [3.05, 3.63) is 36.4 Å². The molecule has 0 aromatic carbocycles. The number of anilines is 1. The number of hydrogen-bond donors (Lipinski definition) is 1. The second kappa shape index (κ2) is 7.66. The molecule has 1 aliphatic carbocycles. The molecule has 1 fully saturated rings. The number of nitrogens with zero attached hydrogens (tertiary/aromatic N) is 6. The average Bonchev–Trinajstić information content (AvgIpc) is 3.26. The van der Waals surface area contributed by atoms with Gasteiger partial charge in [-0.15, -0.1) is 5.10 Å². The highest BCUT2D eigenvalue weighted by Crippen LogP contribution is 2.28. The summed E-state index contributed by atoms with van der Waals surface area (Å²) in [5.41, 5.74) is 4.57. The molecule has 5 rings (SSSR count). The first kappa shape index (κ1) is 19.0. The molecule has 1 aliphatic rings. The summed E-state index contributed by atoms with van der Waals surface area (Å²) in [4.78, 5) is 13.9. The van der Waals surface area contributed by atoms with Gasteiger partial charge in [0.25, 0.3) is 0 Å². The summed E-state index contributed by atoms with van der Waals surface area (Å²) in [7, 11) is 3.66. The van der Waals surface area contributed by atoms with E-state index in [4.69, 9.17) is 14.5 Å². The molecule has 1 saturated carbocycles. The molecule has 4 aromatic rings. The van der Waals surface area contributed by atoms with Crippen molar-refractivity contribution in [1.82, 2.24) is 29.1 Å². The Morgan fingerprint density at radius 3 is 2.87 bits per heavy atom. The monoisotopic (exact) mass is 407 g/mol. The Kier molecular flexibility index (Phi) is 4.84. The van der Waals surface area contributed by atoms with Crippen molar-refractivity contribution in [3.8, 4) is 11.3 Å². The number of imidazole rings is 1. The fourth-order valence-corrected chi connectivity index (χ4v) is 3.81. The van der Waals surface area contributed by atoms with Gasteiger partial charge in [0, 0.05) is 32.0 Å². The third kappa shape index (κ3) is 3.40. The molecule has 9 heteroatoms. The maximum absolute atomic E-state index is 5.73. The van der Waals surface area contributed by atoms with Crippen LogP contribution in [-0.2, 0) is 16.5 Å². The maximum Gasteiger partial charge on any atom is 0.241 e. The quantitative estimate of drug-likeness (QED) is 0.471. The van der Waals surface area contributed by atoms with Gasteiger partial charge < -0.3 is 19.4 Å². The normalized spacial score (nSPS) is 18.8. The molecule has 30 heavy (non-hydrogen) atoms.